The molecule has 1 fully saturated rings. The molecule has 1 heterocycles. The largest absolute Gasteiger partial charge is 0.353 e. The Kier molecular flexibility index (Phi) is 4.94. The number of rotatable bonds is 5. The van der Waals surface area contributed by atoms with E-state index in [4.69, 9.17) is 0 Å². The van der Waals surface area contributed by atoms with Crippen molar-refractivity contribution in [3.63, 3.8) is 0 Å². The average Bonchev–Trinajstić information content (AvgIpc) is 2.67. The van der Waals surface area contributed by atoms with Gasteiger partial charge in [-0.25, -0.2) is 0 Å². The van der Waals surface area contributed by atoms with E-state index in [-0.39, 0.29) is 5.91 Å². The van der Waals surface area contributed by atoms with Crippen LogP contribution in [0.25, 0.3) is 0 Å². The quantitative estimate of drug-likeness (QED) is 0.699. The summed E-state index contributed by atoms with van der Waals surface area (Å²) in [6.45, 7) is 6.37. The summed E-state index contributed by atoms with van der Waals surface area (Å²) in [5.74, 6) is 0.840. The predicted molar refractivity (Wildman–Crippen MR) is 58.1 cm³/mol. The molecule has 2 N–H and O–H groups in total. The summed E-state index contributed by atoms with van der Waals surface area (Å²) >= 11 is 0. The molecule has 0 aliphatic carbocycles. The minimum absolute atomic E-state index is 0.214. The molecule has 82 valence electrons. The number of hydrogen-bond acceptors (Lipinski definition) is 2. The number of amides is 1. The zero-order valence-electron chi connectivity index (χ0n) is 9.31. The summed E-state index contributed by atoms with van der Waals surface area (Å²) in [6.07, 6.45) is 3.96. The molecule has 1 aliphatic heterocycles. The molecule has 1 saturated heterocycles. The molecule has 1 aliphatic rings. The highest BCUT2D eigenvalue weighted by atomic mass is 16.1. The van der Waals surface area contributed by atoms with Gasteiger partial charge in [0.05, 0.1) is 0 Å². The third kappa shape index (κ3) is 3.66. The van der Waals surface area contributed by atoms with Gasteiger partial charge in [-0.3, -0.25) is 4.79 Å². The fourth-order valence-electron chi connectivity index (χ4n) is 1.89. The zero-order valence-corrected chi connectivity index (χ0v) is 9.31. The molecular weight excluding hydrogens is 176 g/mol. The van der Waals surface area contributed by atoms with Crippen LogP contribution in [0.2, 0.25) is 0 Å². The number of hydrogen-bond donors (Lipinski definition) is 2. The fraction of sp³-hybridized carbons (Fsp3) is 0.909. The Balaban J connectivity index is 2.18. The van der Waals surface area contributed by atoms with E-state index in [2.05, 4.69) is 24.5 Å². The standard InChI is InChI=1S/C11H22N2O/c1-3-4-5-11(14)13-9(2)10-6-7-12-8-10/h9-10,12H,3-8H2,1-2H3,(H,13,14). The molecule has 14 heavy (non-hydrogen) atoms. The van der Waals surface area contributed by atoms with Gasteiger partial charge in [-0.15, -0.1) is 0 Å². The van der Waals surface area contributed by atoms with Crippen molar-refractivity contribution in [2.24, 2.45) is 5.92 Å². The highest BCUT2D eigenvalue weighted by Gasteiger charge is 2.21. The second kappa shape index (κ2) is 6.02. The second-order valence-corrected chi connectivity index (χ2v) is 4.21. The first-order chi connectivity index (χ1) is 6.74. The van der Waals surface area contributed by atoms with Crippen LogP contribution in [0.15, 0.2) is 0 Å². The van der Waals surface area contributed by atoms with Gasteiger partial charge in [-0.2, -0.15) is 0 Å². The minimum Gasteiger partial charge on any atom is -0.353 e. The van der Waals surface area contributed by atoms with Crippen LogP contribution in [0.1, 0.15) is 39.5 Å². The molecule has 0 aromatic carbocycles. The van der Waals surface area contributed by atoms with Crippen LogP contribution in [-0.2, 0) is 4.79 Å². The van der Waals surface area contributed by atoms with E-state index in [1.54, 1.807) is 0 Å². The lowest BCUT2D eigenvalue weighted by Gasteiger charge is -2.19. The molecule has 2 atom stereocenters. The molecular formula is C11H22N2O. The van der Waals surface area contributed by atoms with Gasteiger partial charge in [0, 0.05) is 12.5 Å². The normalized spacial score (nSPS) is 23.4. The van der Waals surface area contributed by atoms with Crippen molar-refractivity contribution in [2.75, 3.05) is 13.1 Å². The number of nitrogens with one attached hydrogen (secondary N) is 2. The molecule has 0 aromatic heterocycles. The molecule has 0 aromatic rings. The van der Waals surface area contributed by atoms with Crippen molar-refractivity contribution in [1.82, 2.24) is 10.6 Å². The predicted octanol–water partition coefficient (Wildman–Crippen LogP) is 1.29. The molecule has 0 spiro atoms. The number of carbonyl (C=O) groups is 1. The van der Waals surface area contributed by atoms with E-state index in [0.29, 0.717) is 18.4 Å². The first-order valence-electron chi connectivity index (χ1n) is 5.74. The van der Waals surface area contributed by atoms with Crippen molar-refractivity contribution >= 4 is 5.91 Å². The van der Waals surface area contributed by atoms with Gasteiger partial charge in [0.1, 0.15) is 0 Å². The summed E-state index contributed by atoms with van der Waals surface area (Å²) in [6, 6.07) is 0.328. The van der Waals surface area contributed by atoms with Gasteiger partial charge in [0.15, 0.2) is 0 Å². The van der Waals surface area contributed by atoms with Crippen LogP contribution >= 0.6 is 0 Å². The summed E-state index contributed by atoms with van der Waals surface area (Å²) < 4.78 is 0. The van der Waals surface area contributed by atoms with Crippen LogP contribution in [0.3, 0.4) is 0 Å². The summed E-state index contributed by atoms with van der Waals surface area (Å²) in [5, 5.41) is 6.40. The van der Waals surface area contributed by atoms with Crippen LogP contribution in [0, 0.1) is 5.92 Å². The average molecular weight is 198 g/mol. The van der Waals surface area contributed by atoms with E-state index >= 15 is 0 Å². The molecule has 1 rings (SSSR count). The SMILES string of the molecule is CCCCC(=O)NC(C)C1CCNC1. The lowest BCUT2D eigenvalue weighted by molar-refractivity contribution is -0.122. The van der Waals surface area contributed by atoms with Crippen molar-refractivity contribution in [3.05, 3.63) is 0 Å². The van der Waals surface area contributed by atoms with Gasteiger partial charge >= 0.3 is 0 Å². The molecule has 0 bridgehead atoms. The fourth-order valence-corrected chi connectivity index (χ4v) is 1.89. The first kappa shape index (κ1) is 11.5. The third-order valence-corrected chi connectivity index (χ3v) is 2.95. The van der Waals surface area contributed by atoms with Gasteiger partial charge in [0.2, 0.25) is 5.91 Å². The Bertz CT molecular complexity index is 176. The maximum absolute atomic E-state index is 11.4. The van der Waals surface area contributed by atoms with E-state index in [9.17, 15) is 4.79 Å². The second-order valence-electron chi connectivity index (χ2n) is 4.21. The maximum Gasteiger partial charge on any atom is 0.220 e. The van der Waals surface area contributed by atoms with Gasteiger partial charge in [-0.05, 0) is 38.8 Å². The Morgan fingerprint density at radius 1 is 1.64 bits per heavy atom. The van der Waals surface area contributed by atoms with Crippen molar-refractivity contribution in [2.45, 2.75) is 45.6 Å². The molecule has 0 saturated carbocycles. The monoisotopic (exact) mass is 198 g/mol. The zero-order chi connectivity index (χ0) is 10.4. The van der Waals surface area contributed by atoms with E-state index in [1.807, 2.05) is 0 Å². The van der Waals surface area contributed by atoms with Crippen molar-refractivity contribution in [3.8, 4) is 0 Å². The smallest absolute Gasteiger partial charge is 0.220 e. The van der Waals surface area contributed by atoms with Crippen LogP contribution in [0.4, 0.5) is 0 Å². The van der Waals surface area contributed by atoms with E-state index in [0.717, 1.165) is 25.9 Å². The number of carbonyl (C=O) groups excluding carboxylic acids is 1. The molecule has 1 amide bonds. The van der Waals surface area contributed by atoms with Crippen molar-refractivity contribution < 1.29 is 4.79 Å². The lowest BCUT2D eigenvalue weighted by atomic mass is 10.0. The Labute approximate surface area is 86.6 Å². The highest BCUT2D eigenvalue weighted by molar-refractivity contribution is 5.76. The van der Waals surface area contributed by atoms with Gasteiger partial charge in [-0.1, -0.05) is 13.3 Å². The summed E-state index contributed by atoms with van der Waals surface area (Å²) in [5.41, 5.74) is 0. The molecule has 2 unspecified atom stereocenters. The topological polar surface area (TPSA) is 41.1 Å². The van der Waals surface area contributed by atoms with Crippen LogP contribution in [0.5, 0.6) is 0 Å². The Hall–Kier alpha value is -0.570. The van der Waals surface area contributed by atoms with Crippen molar-refractivity contribution in [1.29, 1.82) is 0 Å². The Morgan fingerprint density at radius 2 is 2.43 bits per heavy atom. The first-order valence-corrected chi connectivity index (χ1v) is 5.74. The number of unbranched alkanes of at least 4 members (excludes halogenated alkanes) is 1. The molecule has 3 nitrogen and oxygen atoms in total. The van der Waals surface area contributed by atoms with Crippen LogP contribution < -0.4 is 10.6 Å². The molecule has 3 heteroatoms. The summed E-state index contributed by atoms with van der Waals surface area (Å²) in [4.78, 5) is 11.4. The van der Waals surface area contributed by atoms with Crippen LogP contribution in [-0.4, -0.2) is 25.0 Å². The third-order valence-electron chi connectivity index (χ3n) is 2.95. The molecule has 0 radical (unpaired) electrons. The highest BCUT2D eigenvalue weighted by Crippen LogP contribution is 2.12. The maximum atomic E-state index is 11.4. The Morgan fingerprint density at radius 3 is 3.00 bits per heavy atom. The van der Waals surface area contributed by atoms with E-state index < -0.39 is 0 Å². The lowest BCUT2D eigenvalue weighted by Crippen LogP contribution is -2.38. The minimum atomic E-state index is 0.214. The van der Waals surface area contributed by atoms with Gasteiger partial charge < -0.3 is 10.6 Å². The summed E-state index contributed by atoms with van der Waals surface area (Å²) in [7, 11) is 0. The van der Waals surface area contributed by atoms with E-state index in [1.165, 1.54) is 6.42 Å². The van der Waals surface area contributed by atoms with Gasteiger partial charge in [0.25, 0.3) is 0 Å².